The van der Waals surface area contributed by atoms with Gasteiger partial charge in [-0.15, -0.1) is 12.3 Å². The third-order valence-electron chi connectivity index (χ3n) is 4.89. The Labute approximate surface area is 137 Å². The molecular weight excluding hydrogens is 316 g/mol. The summed E-state index contributed by atoms with van der Waals surface area (Å²) in [7, 11) is -2.97. The van der Waals surface area contributed by atoms with Crippen LogP contribution in [0.3, 0.4) is 0 Å². The molecule has 8 heteroatoms. The highest BCUT2D eigenvalue weighted by Gasteiger charge is 2.41. The summed E-state index contributed by atoms with van der Waals surface area (Å²) in [5, 5.41) is 8.09. The van der Waals surface area contributed by atoms with Crippen LogP contribution >= 0.6 is 0 Å². The molecule has 3 aliphatic heterocycles. The van der Waals surface area contributed by atoms with Gasteiger partial charge in [0.15, 0.2) is 15.5 Å². The zero-order chi connectivity index (χ0) is 16.5. The maximum Gasteiger partial charge on any atom is 0.222 e. The summed E-state index contributed by atoms with van der Waals surface area (Å²) in [6.45, 7) is 2.51. The molecule has 0 aromatic rings. The van der Waals surface area contributed by atoms with Crippen LogP contribution in [0.5, 0.6) is 0 Å². The number of fused-ring (bicyclic) bond motifs is 1. The van der Waals surface area contributed by atoms with Crippen LogP contribution in [0.15, 0.2) is 10.2 Å². The molecule has 0 spiro atoms. The molecule has 1 unspecified atom stereocenters. The number of hydrogen-bond acceptors (Lipinski definition) is 6. The minimum Gasteiger partial charge on any atom is -0.340 e. The molecule has 23 heavy (non-hydrogen) atoms. The molecule has 7 nitrogen and oxygen atoms in total. The van der Waals surface area contributed by atoms with Crippen molar-refractivity contribution in [2.75, 3.05) is 37.7 Å². The average molecular weight is 338 g/mol. The lowest BCUT2D eigenvalue weighted by Gasteiger charge is -2.43. The van der Waals surface area contributed by atoms with Gasteiger partial charge in [0.2, 0.25) is 5.91 Å². The van der Waals surface area contributed by atoms with Gasteiger partial charge >= 0.3 is 0 Å². The summed E-state index contributed by atoms with van der Waals surface area (Å²) in [5.74, 6) is 3.03. The standard InChI is InChI=1S/C15H22N4O3S/c1-2-3-5-15(16-17-15)6-4-14(20)19-8-7-18-9-10-23(21,22)12-13(18)11-19/h1,13H,3-12H2. The lowest BCUT2D eigenvalue weighted by atomic mass is 10.0. The van der Waals surface area contributed by atoms with Crippen LogP contribution < -0.4 is 0 Å². The minimum absolute atomic E-state index is 0.0582. The molecule has 2 fully saturated rings. The van der Waals surface area contributed by atoms with Gasteiger partial charge in [-0.05, 0) is 0 Å². The van der Waals surface area contributed by atoms with Crippen molar-refractivity contribution in [3.8, 4) is 12.3 Å². The lowest BCUT2D eigenvalue weighted by molar-refractivity contribution is -0.134. The minimum atomic E-state index is -2.97. The number of carbonyl (C=O) groups is 1. The lowest BCUT2D eigenvalue weighted by Crippen LogP contribution is -2.60. The van der Waals surface area contributed by atoms with E-state index >= 15 is 0 Å². The molecule has 1 atom stereocenters. The van der Waals surface area contributed by atoms with Gasteiger partial charge in [-0.3, -0.25) is 9.69 Å². The van der Waals surface area contributed by atoms with Gasteiger partial charge in [-0.25, -0.2) is 8.42 Å². The van der Waals surface area contributed by atoms with E-state index in [1.54, 1.807) is 4.90 Å². The highest BCUT2D eigenvalue weighted by molar-refractivity contribution is 7.91. The van der Waals surface area contributed by atoms with E-state index in [4.69, 9.17) is 6.42 Å². The van der Waals surface area contributed by atoms with E-state index in [-0.39, 0.29) is 23.5 Å². The Balaban J connectivity index is 1.50. The van der Waals surface area contributed by atoms with Gasteiger partial charge in [-0.2, -0.15) is 10.2 Å². The second kappa shape index (κ2) is 6.21. The van der Waals surface area contributed by atoms with Gasteiger partial charge in [0.1, 0.15) is 0 Å². The molecule has 0 aliphatic carbocycles. The van der Waals surface area contributed by atoms with Gasteiger partial charge in [0, 0.05) is 57.9 Å². The van der Waals surface area contributed by atoms with Crippen LogP contribution in [0.4, 0.5) is 0 Å². The fourth-order valence-corrected chi connectivity index (χ4v) is 4.92. The Bertz CT molecular complexity index is 646. The second-order valence-corrected chi connectivity index (χ2v) is 8.76. The van der Waals surface area contributed by atoms with Crippen molar-refractivity contribution < 1.29 is 13.2 Å². The highest BCUT2D eigenvalue weighted by atomic mass is 32.2. The predicted molar refractivity (Wildman–Crippen MR) is 85.5 cm³/mol. The molecule has 0 aromatic heterocycles. The monoisotopic (exact) mass is 338 g/mol. The topological polar surface area (TPSA) is 82.4 Å². The zero-order valence-corrected chi connectivity index (χ0v) is 14.0. The van der Waals surface area contributed by atoms with Crippen molar-refractivity contribution in [1.29, 1.82) is 0 Å². The Morgan fingerprint density at radius 1 is 1.26 bits per heavy atom. The van der Waals surface area contributed by atoms with Crippen molar-refractivity contribution in [3.63, 3.8) is 0 Å². The summed E-state index contributed by atoms with van der Waals surface area (Å²) in [4.78, 5) is 16.4. The van der Waals surface area contributed by atoms with E-state index in [1.807, 2.05) is 0 Å². The molecule has 0 radical (unpaired) electrons. The van der Waals surface area contributed by atoms with Crippen LogP contribution in [-0.2, 0) is 14.6 Å². The summed E-state index contributed by atoms with van der Waals surface area (Å²) >= 11 is 0. The molecule has 2 saturated heterocycles. The summed E-state index contributed by atoms with van der Waals surface area (Å²) in [6, 6.07) is -0.0582. The fourth-order valence-electron chi connectivity index (χ4n) is 3.34. The Morgan fingerprint density at radius 2 is 2.04 bits per heavy atom. The van der Waals surface area contributed by atoms with Gasteiger partial charge in [0.05, 0.1) is 11.5 Å². The first-order chi connectivity index (χ1) is 10.9. The SMILES string of the molecule is C#CCCC1(CCC(=O)N2CCN3CCS(=O)(=O)CC3C2)N=N1. The first kappa shape index (κ1) is 16.4. The van der Waals surface area contributed by atoms with Gasteiger partial charge in [-0.1, -0.05) is 0 Å². The van der Waals surface area contributed by atoms with E-state index in [0.717, 1.165) is 6.54 Å². The van der Waals surface area contributed by atoms with Crippen LogP contribution in [0.1, 0.15) is 25.7 Å². The molecule has 1 amide bonds. The number of nitrogens with zero attached hydrogens (tertiary/aromatic N) is 4. The van der Waals surface area contributed by atoms with Crippen molar-refractivity contribution in [3.05, 3.63) is 0 Å². The Hall–Kier alpha value is -1.46. The predicted octanol–water partition coefficient (Wildman–Crippen LogP) is 0.283. The molecule has 3 heterocycles. The maximum absolute atomic E-state index is 12.4. The summed E-state index contributed by atoms with van der Waals surface area (Å²) < 4.78 is 23.6. The Morgan fingerprint density at radius 3 is 2.74 bits per heavy atom. The zero-order valence-electron chi connectivity index (χ0n) is 13.1. The van der Waals surface area contributed by atoms with Crippen LogP contribution in [0.2, 0.25) is 0 Å². The average Bonchev–Trinajstić information content (AvgIpc) is 3.29. The van der Waals surface area contributed by atoms with Crippen molar-refractivity contribution >= 4 is 15.7 Å². The number of hydrogen-bond donors (Lipinski definition) is 0. The smallest absolute Gasteiger partial charge is 0.222 e. The van der Waals surface area contributed by atoms with E-state index in [2.05, 4.69) is 21.0 Å². The maximum atomic E-state index is 12.4. The third kappa shape index (κ3) is 3.90. The molecule has 3 aliphatic rings. The van der Waals surface area contributed by atoms with Crippen molar-refractivity contribution in [1.82, 2.24) is 9.80 Å². The van der Waals surface area contributed by atoms with E-state index in [0.29, 0.717) is 45.3 Å². The Kier molecular flexibility index (Phi) is 4.43. The van der Waals surface area contributed by atoms with Gasteiger partial charge < -0.3 is 4.90 Å². The summed E-state index contributed by atoms with van der Waals surface area (Å²) in [6.07, 6.45) is 7.55. The van der Waals surface area contributed by atoms with Crippen LogP contribution in [-0.4, -0.2) is 73.5 Å². The second-order valence-electron chi connectivity index (χ2n) is 6.53. The normalized spacial score (nSPS) is 28.0. The number of rotatable bonds is 5. The molecule has 0 bridgehead atoms. The fraction of sp³-hybridized carbons (Fsp3) is 0.800. The van der Waals surface area contributed by atoms with E-state index in [1.165, 1.54) is 0 Å². The summed E-state index contributed by atoms with van der Waals surface area (Å²) in [5.41, 5.74) is -0.433. The van der Waals surface area contributed by atoms with Crippen LogP contribution in [0.25, 0.3) is 0 Å². The third-order valence-corrected chi connectivity index (χ3v) is 6.58. The number of carbonyl (C=O) groups excluding carboxylic acids is 1. The quantitative estimate of drug-likeness (QED) is 0.674. The number of terminal acetylenes is 1. The number of amides is 1. The molecule has 3 rings (SSSR count). The molecule has 0 saturated carbocycles. The van der Waals surface area contributed by atoms with Crippen molar-refractivity contribution in [2.45, 2.75) is 37.4 Å². The van der Waals surface area contributed by atoms with E-state index < -0.39 is 15.5 Å². The first-order valence-corrected chi connectivity index (χ1v) is 9.85. The van der Waals surface area contributed by atoms with E-state index in [9.17, 15) is 13.2 Å². The number of piperazine rings is 1. The molecular formula is C15H22N4O3S. The molecule has 0 aromatic carbocycles. The highest BCUT2D eigenvalue weighted by Crippen LogP contribution is 2.37. The molecule has 126 valence electrons. The van der Waals surface area contributed by atoms with Crippen molar-refractivity contribution in [2.24, 2.45) is 10.2 Å². The molecule has 0 N–H and O–H groups in total. The van der Waals surface area contributed by atoms with Crippen LogP contribution in [0, 0.1) is 12.3 Å². The largest absolute Gasteiger partial charge is 0.340 e. The van der Waals surface area contributed by atoms with Gasteiger partial charge in [0.25, 0.3) is 0 Å². The first-order valence-electron chi connectivity index (χ1n) is 8.03. The number of sulfone groups is 1.